The molecule has 0 saturated heterocycles. The van der Waals surface area contributed by atoms with Crippen LogP contribution in [0.5, 0.6) is 17.2 Å². The summed E-state index contributed by atoms with van der Waals surface area (Å²) >= 11 is 0. The number of halogens is 1. The van der Waals surface area contributed by atoms with Crippen LogP contribution in [0.1, 0.15) is 18.9 Å². The van der Waals surface area contributed by atoms with E-state index >= 15 is 0 Å². The molecular weight excluding hydrogens is 257 g/mol. The number of rotatable bonds is 6. The summed E-state index contributed by atoms with van der Waals surface area (Å²) < 4.78 is 25.1. The summed E-state index contributed by atoms with van der Waals surface area (Å²) in [4.78, 5) is 0. The Morgan fingerprint density at radius 2 is 1.80 bits per heavy atom. The predicted octanol–water partition coefficient (Wildman–Crippen LogP) is 3.87. The fourth-order valence-electron chi connectivity index (χ4n) is 1.74. The van der Waals surface area contributed by atoms with Crippen LogP contribution in [0.25, 0.3) is 0 Å². The number of benzene rings is 2. The van der Waals surface area contributed by atoms with E-state index < -0.39 is 5.82 Å². The van der Waals surface area contributed by atoms with Crippen LogP contribution in [-0.2, 0) is 6.54 Å². The predicted molar refractivity (Wildman–Crippen MR) is 76.6 cm³/mol. The van der Waals surface area contributed by atoms with Crippen molar-refractivity contribution in [2.75, 3.05) is 6.61 Å². The highest BCUT2D eigenvalue weighted by molar-refractivity contribution is 5.43. The Morgan fingerprint density at radius 1 is 1.05 bits per heavy atom. The highest BCUT2D eigenvalue weighted by Gasteiger charge is 2.09. The minimum atomic E-state index is -0.432. The van der Waals surface area contributed by atoms with Crippen LogP contribution < -0.4 is 15.2 Å². The average molecular weight is 275 g/mol. The molecule has 0 aliphatic heterocycles. The molecule has 0 fully saturated rings. The minimum absolute atomic E-state index is 0.162. The van der Waals surface area contributed by atoms with Crippen LogP contribution in [0.15, 0.2) is 42.5 Å². The molecule has 2 rings (SSSR count). The molecule has 20 heavy (non-hydrogen) atoms. The molecule has 0 radical (unpaired) electrons. The SMILES string of the molecule is CCCOc1ccccc1Oc1ccc(CN)cc1F. The minimum Gasteiger partial charge on any atom is -0.490 e. The normalized spacial score (nSPS) is 10.3. The van der Waals surface area contributed by atoms with Gasteiger partial charge in [0.25, 0.3) is 0 Å². The lowest BCUT2D eigenvalue weighted by molar-refractivity contribution is 0.300. The Labute approximate surface area is 118 Å². The maximum atomic E-state index is 13.9. The zero-order chi connectivity index (χ0) is 14.4. The third-order valence-corrected chi connectivity index (χ3v) is 2.76. The van der Waals surface area contributed by atoms with E-state index in [0.29, 0.717) is 24.7 Å². The zero-order valence-electron chi connectivity index (χ0n) is 11.4. The second-order valence-electron chi connectivity index (χ2n) is 4.37. The Balaban J connectivity index is 2.21. The van der Waals surface area contributed by atoms with Gasteiger partial charge >= 0.3 is 0 Å². The van der Waals surface area contributed by atoms with Crippen LogP contribution in [0.2, 0.25) is 0 Å². The first-order valence-corrected chi connectivity index (χ1v) is 6.62. The van der Waals surface area contributed by atoms with E-state index in [1.165, 1.54) is 6.07 Å². The molecule has 0 spiro atoms. The van der Waals surface area contributed by atoms with Crippen molar-refractivity contribution in [1.82, 2.24) is 0 Å². The van der Waals surface area contributed by atoms with Crippen molar-refractivity contribution in [3.05, 3.63) is 53.8 Å². The van der Waals surface area contributed by atoms with E-state index in [1.807, 2.05) is 19.1 Å². The monoisotopic (exact) mass is 275 g/mol. The number of ether oxygens (including phenoxy) is 2. The summed E-state index contributed by atoms with van der Waals surface area (Å²) in [6.07, 6.45) is 0.897. The van der Waals surface area contributed by atoms with Crippen molar-refractivity contribution in [2.45, 2.75) is 19.9 Å². The summed E-state index contributed by atoms with van der Waals surface area (Å²) in [6.45, 7) is 2.91. The van der Waals surface area contributed by atoms with Gasteiger partial charge in [-0.25, -0.2) is 4.39 Å². The first-order valence-electron chi connectivity index (χ1n) is 6.62. The van der Waals surface area contributed by atoms with Gasteiger partial charge < -0.3 is 15.2 Å². The molecule has 0 amide bonds. The van der Waals surface area contributed by atoms with Crippen molar-refractivity contribution in [1.29, 1.82) is 0 Å². The lowest BCUT2D eigenvalue weighted by Crippen LogP contribution is -1.99. The third-order valence-electron chi connectivity index (χ3n) is 2.76. The number of nitrogens with two attached hydrogens (primary N) is 1. The van der Waals surface area contributed by atoms with Gasteiger partial charge in [0.1, 0.15) is 0 Å². The van der Waals surface area contributed by atoms with Gasteiger partial charge in [-0.05, 0) is 36.2 Å². The van der Waals surface area contributed by atoms with Gasteiger partial charge in [0, 0.05) is 6.54 Å². The Bertz CT molecular complexity index is 572. The van der Waals surface area contributed by atoms with Crippen molar-refractivity contribution < 1.29 is 13.9 Å². The molecule has 0 atom stereocenters. The molecule has 0 bridgehead atoms. The van der Waals surface area contributed by atoms with E-state index in [-0.39, 0.29) is 5.75 Å². The smallest absolute Gasteiger partial charge is 0.169 e. The summed E-state index contributed by atoms with van der Waals surface area (Å²) in [5, 5.41) is 0. The van der Waals surface area contributed by atoms with Gasteiger partial charge in [-0.1, -0.05) is 25.1 Å². The fourth-order valence-corrected chi connectivity index (χ4v) is 1.74. The van der Waals surface area contributed by atoms with Crippen LogP contribution in [-0.4, -0.2) is 6.61 Å². The number of hydrogen-bond donors (Lipinski definition) is 1. The molecule has 0 unspecified atom stereocenters. The lowest BCUT2D eigenvalue weighted by Gasteiger charge is -2.12. The van der Waals surface area contributed by atoms with Crippen molar-refractivity contribution >= 4 is 0 Å². The zero-order valence-corrected chi connectivity index (χ0v) is 11.4. The quantitative estimate of drug-likeness (QED) is 0.870. The topological polar surface area (TPSA) is 44.5 Å². The molecule has 3 nitrogen and oxygen atoms in total. The summed E-state index contributed by atoms with van der Waals surface area (Å²) in [5.41, 5.74) is 6.20. The van der Waals surface area contributed by atoms with E-state index in [0.717, 1.165) is 12.0 Å². The van der Waals surface area contributed by atoms with Gasteiger partial charge in [-0.15, -0.1) is 0 Å². The van der Waals surface area contributed by atoms with Gasteiger partial charge in [0.05, 0.1) is 6.61 Å². The Hall–Kier alpha value is -2.07. The first kappa shape index (κ1) is 14.3. The maximum absolute atomic E-state index is 13.9. The van der Waals surface area contributed by atoms with Crippen LogP contribution >= 0.6 is 0 Å². The highest BCUT2D eigenvalue weighted by atomic mass is 19.1. The number of hydrogen-bond acceptors (Lipinski definition) is 3. The van der Waals surface area contributed by atoms with Crippen molar-refractivity contribution in [3.8, 4) is 17.2 Å². The third kappa shape index (κ3) is 3.48. The molecule has 4 heteroatoms. The summed E-state index contributed by atoms with van der Waals surface area (Å²) in [7, 11) is 0. The molecule has 2 N–H and O–H groups in total. The van der Waals surface area contributed by atoms with Gasteiger partial charge in [-0.2, -0.15) is 0 Å². The van der Waals surface area contributed by atoms with Crippen molar-refractivity contribution in [3.63, 3.8) is 0 Å². The molecule has 0 aliphatic rings. The van der Waals surface area contributed by atoms with Gasteiger partial charge in [0.2, 0.25) is 0 Å². The van der Waals surface area contributed by atoms with Gasteiger partial charge in [-0.3, -0.25) is 0 Å². The maximum Gasteiger partial charge on any atom is 0.169 e. The largest absolute Gasteiger partial charge is 0.490 e. The average Bonchev–Trinajstić information content (AvgIpc) is 2.48. The van der Waals surface area contributed by atoms with E-state index in [4.69, 9.17) is 15.2 Å². The first-order chi connectivity index (χ1) is 9.74. The summed E-state index contributed by atoms with van der Waals surface area (Å²) in [5.74, 6) is 0.838. The van der Waals surface area contributed by atoms with Gasteiger partial charge in [0.15, 0.2) is 23.1 Å². The molecule has 2 aromatic carbocycles. The molecule has 106 valence electrons. The molecule has 2 aromatic rings. The Morgan fingerprint density at radius 3 is 2.45 bits per heavy atom. The second-order valence-corrected chi connectivity index (χ2v) is 4.37. The standard InChI is InChI=1S/C16H18FNO2/c1-2-9-19-15-5-3-4-6-16(15)20-14-8-7-12(11-18)10-13(14)17/h3-8,10H,2,9,11,18H2,1H3. The van der Waals surface area contributed by atoms with E-state index in [1.54, 1.807) is 24.3 Å². The highest BCUT2D eigenvalue weighted by Crippen LogP contribution is 2.32. The van der Waals surface area contributed by atoms with Crippen molar-refractivity contribution in [2.24, 2.45) is 5.73 Å². The number of para-hydroxylation sites is 2. The van der Waals surface area contributed by atoms with Crippen LogP contribution in [0.4, 0.5) is 4.39 Å². The molecule has 0 saturated carbocycles. The lowest BCUT2D eigenvalue weighted by atomic mass is 10.2. The van der Waals surface area contributed by atoms with E-state index in [9.17, 15) is 4.39 Å². The molecular formula is C16H18FNO2. The molecule has 0 aromatic heterocycles. The van der Waals surface area contributed by atoms with E-state index in [2.05, 4.69) is 0 Å². The Kier molecular flexibility index (Phi) is 4.96. The molecule has 0 aliphatic carbocycles. The van der Waals surface area contributed by atoms with Crippen LogP contribution in [0, 0.1) is 5.82 Å². The van der Waals surface area contributed by atoms with Crippen LogP contribution in [0.3, 0.4) is 0 Å². The fraction of sp³-hybridized carbons (Fsp3) is 0.250. The second kappa shape index (κ2) is 6.91. The molecule has 0 heterocycles. The summed E-state index contributed by atoms with van der Waals surface area (Å²) in [6, 6.07) is 11.9.